The van der Waals surface area contributed by atoms with Gasteiger partial charge in [0.1, 0.15) is 0 Å². The van der Waals surface area contributed by atoms with Crippen LogP contribution in [0.3, 0.4) is 0 Å². The van der Waals surface area contributed by atoms with E-state index in [9.17, 15) is 0 Å². The SMILES string of the molecule is C1OC1CC1CCC1(CC1CO1)OC1(CC2CO2)CCC1CC1CO1. The highest BCUT2D eigenvalue weighted by Gasteiger charge is 2.60. The van der Waals surface area contributed by atoms with Gasteiger partial charge in [-0.25, -0.2) is 0 Å². The van der Waals surface area contributed by atoms with Crippen LogP contribution in [-0.4, -0.2) is 62.0 Å². The normalized spacial score (nSPS) is 55.2. The zero-order valence-electron chi connectivity index (χ0n) is 15.0. The average Bonchev–Trinajstić information content (AvgIpc) is 3.45. The molecule has 4 saturated heterocycles. The molecule has 8 unspecified atom stereocenters. The first-order chi connectivity index (χ1) is 12.2. The Kier molecular flexibility index (Phi) is 3.57. The molecule has 2 saturated carbocycles. The van der Waals surface area contributed by atoms with E-state index in [0.29, 0.717) is 36.3 Å². The first kappa shape index (κ1) is 15.8. The van der Waals surface area contributed by atoms with E-state index in [4.69, 9.17) is 23.7 Å². The Morgan fingerprint density at radius 3 is 1.32 bits per heavy atom. The molecule has 5 nitrogen and oxygen atoms in total. The van der Waals surface area contributed by atoms with Crippen molar-refractivity contribution < 1.29 is 23.7 Å². The molecule has 25 heavy (non-hydrogen) atoms. The number of hydrogen-bond acceptors (Lipinski definition) is 5. The van der Waals surface area contributed by atoms with Gasteiger partial charge in [0, 0.05) is 12.8 Å². The summed E-state index contributed by atoms with van der Waals surface area (Å²) in [6.45, 7) is 3.76. The summed E-state index contributed by atoms with van der Waals surface area (Å²) in [5, 5.41) is 0. The van der Waals surface area contributed by atoms with Crippen molar-refractivity contribution in [3.05, 3.63) is 0 Å². The third-order valence-corrected chi connectivity index (χ3v) is 7.58. The molecule has 0 radical (unpaired) electrons. The second kappa shape index (κ2) is 5.65. The molecule has 6 fully saturated rings. The molecule has 5 heteroatoms. The molecule has 0 amide bonds. The fourth-order valence-corrected chi connectivity index (χ4v) is 5.49. The molecule has 0 spiro atoms. The highest BCUT2D eigenvalue weighted by molar-refractivity contribution is 5.09. The Morgan fingerprint density at radius 1 is 0.640 bits per heavy atom. The van der Waals surface area contributed by atoms with E-state index in [-0.39, 0.29) is 11.2 Å². The zero-order valence-corrected chi connectivity index (χ0v) is 15.0. The lowest BCUT2D eigenvalue weighted by molar-refractivity contribution is -0.278. The van der Waals surface area contributed by atoms with Gasteiger partial charge in [0.25, 0.3) is 0 Å². The van der Waals surface area contributed by atoms with Crippen LogP contribution in [0.15, 0.2) is 0 Å². The highest BCUT2D eigenvalue weighted by atomic mass is 16.6. The predicted molar refractivity (Wildman–Crippen MR) is 89.4 cm³/mol. The maximum atomic E-state index is 7.21. The maximum Gasteiger partial charge on any atom is 0.0837 e. The largest absolute Gasteiger partial charge is 0.373 e. The van der Waals surface area contributed by atoms with Crippen molar-refractivity contribution in [2.24, 2.45) is 11.8 Å². The molecule has 0 N–H and O–H groups in total. The summed E-state index contributed by atoms with van der Waals surface area (Å²) in [4.78, 5) is 0. The summed E-state index contributed by atoms with van der Waals surface area (Å²) in [7, 11) is 0. The predicted octanol–water partition coefficient (Wildman–Crippen LogP) is 2.46. The molecule has 4 heterocycles. The Bertz CT molecular complexity index is 478. The second-order valence-electron chi connectivity index (χ2n) is 9.40. The van der Waals surface area contributed by atoms with Crippen LogP contribution in [0.5, 0.6) is 0 Å². The maximum absolute atomic E-state index is 7.21. The van der Waals surface area contributed by atoms with Crippen LogP contribution < -0.4 is 0 Å². The van der Waals surface area contributed by atoms with Gasteiger partial charge < -0.3 is 23.7 Å². The minimum Gasteiger partial charge on any atom is -0.373 e. The molecule has 140 valence electrons. The number of rotatable bonds is 10. The van der Waals surface area contributed by atoms with Crippen molar-refractivity contribution in [1.29, 1.82) is 0 Å². The van der Waals surface area contributed by atoms with Gasteiger partial charge in [-0.2, -0.15) is 0 Å². The molecule has 4 aliphatic heterocycles. The lowest BCUT2D eigenvalue weighted by Crippen LogP contribution is -2.61. The van der Waals surface area contributed by atoms with Crippen molar-refractivity contribution in [3.8, 4) is 0 Å². The summed E-state index contributed by atoms with van der Waals surface area (Å²) in [5.41, 5.74) is 0.0656. The van der Waals surface area contributed by atoms with Gasteiger partial charge >= 0.3 is 0 Å². The Labute approximate surface area is 149 Å². The van der Waals surface area contributed by atoms with Crippen molar-refractivity contribution in [2.45, 2.75) is 87.0 Å². The lowest BCUT2D eigenvalue weighted by Gasteiger charge is -2.59. The van der Waals surface area contributed by atoms with Crippen molar-refractivity contribution >= 4 is 0 Å². The van der Waals surface area contributed by atoms with E-state index in [1.807, 2.05) is 0 Å². The van der Waals surface area contributed by atoms with E-state index in [0.717, 1.165) is 39.3 Å². The molecule has 6 rings (SSSR count). The molecule has 0 bridgehead atoms. The molecule has 8 atom stereocenters. The summed E-state index contributed by atoms with van der Waals surface area (Å²) in [5.74, 6) is 1.30. The summed E-state index contributed by atoms with van der Waals surface area (Å²) in [6.07, 6.45) is 11.4. The van der Waals surface area contributed by atoms with Crippen LogP contribution in [0.1, 0.15) is 51.4 Å². The standard InChI is InChI=1S/C20H30O5/c1-3-19(7-17-11-23-17,13(1)5-15-9-21-15)25-20(8-18-12-24-18)4-2-14(20)6-16-10-22-16/h13-18H,1-12H2. The monoisotopic (exact) mass is 350 g/mol. The quantitative estimate of drug-likeness (QED) is 0.567. The van der Waals surface area contributed by atoms with Gasteiger partial charge in [-0.05, 0) is 50.4 Å². The van der Waals surface area contributed by atoms with E-state index >= 15 is 0 Å². The number of ether oxygens (including phenoxy) is 5. The van der Waals surface area contributed by atoms with Gasteiger partial charge in [-0.3, -0.25) is 0 Å². The molecule has 0 aromatic rings. The van der Waals surface area contributed by atoms with Crippen LogP contribution in [0, 0.1) is 11.8 Å². The molecule has 0 aromatic carbocycles. The van der Waals surface area contributed by atoms with Crippen LogP contribution in [0.2, 0.25) is 0 Å². The number of hydrogen-bond donors (Lipinski definition) is 0. The summed E-state index contributed by atoms with van der Waals surface area (Å²) in [6, 6.07) is 0. The smallest absolute Gasteiger partial charge is 0.0837 e. The molecule has 2 aliphatic carbocycles. The Morgan fingerprint density at radius 2 is 1.04 bits per heavy atom. The van der Waals surface area contributed by atoms with Crippen molar-refractivity contribution in [2.75, 3.05) is 26.4 Å². The van der Waals surface area contributed by atoms with Gasteiger partial charge in [-0.1, -0.05) is 0 Å². The van der Waals surface area contributed by atoms with Gasteiger partial charge in [0.2, 0.25) is 0 Å². The van der Waals surface area contributed by atoms with Crippen molar-refractivity contribution in [3.63, 3.8) is 0 Å². The van der Waals surface area contributed by atoms with E-state index in [2.05, 4.69) is 0 Å². The van der Waals surface area contributed by atoms with Gasteiger partial charge in [-0.15, -0.1) is 0 Å². The third-order valence-electron chi connectivity index (χ3n) is 7.58. The summed E-state index contributed by atoms with van der Waals surface area (Å²) < 4.78 is 29.5. The molecule has 0 aromatic heterocycles. The van der Waals surface area contributed by atoms with Crippen LogP contribution >= 0.6 is 0 Å². The minimum atomic E-state index is 0.0328. The van der Waals surface area contributed by atoms with Gasteiger partial charge in [0.15, 0.2) is 0 Å². The third kappa shape index (κ3) is 3.16. The first-order valence-corrected chi connectivity index (χ1v) is 10.4. The highest BCUT2D eigenvalue weighted by Crippen LogP contribution is 2.58. The lowest BCUT2D eigenvalue weighted by atomic mass is 9.61. The van der Waals surface area contributed by atoms with Crippen molar-refractivity contribution in [1.82, 2.24) is 0 Å². The topological polar surface area (TPSA) is 59.4 Å². The van der Waals surface area contributed by atoms with Crippen LogP contribution in [-0.2, 0) is 23.7 Å². The Hall–Kier alpha value is -0.200. The molecule has 6 aliphatic rings. The fourth-order valence-electron chi connectivity index (χ4n) is 5.49. The van der Waals surface area contributed by atoms with E-state index < -0.39 is 0 Å². The molecular formula is C20H30O5. The van der Waals surface area contributed by atoms with Crippen LogP contribution in [0.4, 0.5) is 0 Å². The average molecular weight is 350 g/mol. The van der Waals surface area contributed by atoms with Crippen LogP contribution in [0.25, 0.3) is 0 Å². The summed E-state index contributed by atoms with van der Waals surface area (Å²) >= 11 is 0. The Balaban J connectivity index is 1.21. The number of epoxide rings is 4. The zero-order chi connectivity index (χ0) is 16.5. The van der Waals surface area contributed by atoms with Gasteiger partial charge in [0.05, 0.1) is 62.0 Å². The minimum absolute atomic E-state index is 0.0328. The second-order valence-corrected chi connectivity index (χ2v) is 9.40. The fraction of sp³-hybridized carbons (Fsp3) is 1.00. The van der Waals surface area contributed by atoms with E-state index in [1.54, 1.807) is 0 Å². The van der Waals surface area contributed by atoms with E-state index in [1.165, 1.54) is 38.5 Å². The first-order valence-electron chi connectivity index (χ1n) is 10.4. The molecular weight excluding hydrogens is 320 g/mol.